The van der Waals surface area contributed by atoms with Crippen molar-refractivity contribution in [3.8, 4) is 11.5 Å². The molecule has 0 heterocycles. The first-order valence-corrected chi connectivity index (χ1v) is 7.85. The van der Waals surface area contributed by atoms with E-state index in [2.05, 4.69) is 19.2 Å². The monoisotopic (exact) mass is 293 g/mol. The van der Waals surface area contributed by atoms with Crippen LogP contribution in [0.4, 0.5) is 0 Å². The summed E-state index contributed by atoms with van der Waals surface area (Å²) in [7, 11) is 0. The van der Waals surface area contributed by atoms with Gasteiger partial charge in [-0.3, -0.25) is 0 Å². The predicted molar refractivity (Wildman–Crippen MR) is 84.0 cm³/mol. The molecule has 4 heteroatoms. The average Bonchev–Trinajstić information content (AvgIpc) is 2.84. The van der Waals surface area contributed by atoms with Crippen molar-refractivity contribution in [2.45, 2.75) is 57.7 Å². The van der Waals surface area contributed by atoms with E-state index in [0.29, 0.717) is 12.6 Å². The van der Waals surface area contributed by atoms with E-state index in [0.717, 1.165) is 30.8 Å². The highest BCUT2D eigenvalue weighted by molar-refractivity contribution is 5.31. The maximum Gasteiger partial charge on any atom is 0.119 e. The Morgan fingerprint density at radius 3 is 2.52 bits per heavy atom. The van der Waals surface area contributed by atoms with E-state index >= 15 is 0 Å². The van der Waals surface area contributed by atoms with Gasteiger partial charge in [0.1, 0.15) is 17.6 Å². The van der Waals surface area contributed by atoms with E-state index in [9.17, 15) is 5.11 Å². The third-order valence-corrected chi connectivity index (χ3v) is 3.90. The second-order valence-corrected chi connectivity index (χ2v) is 6.12. The Morgan fingerprint density at radius 1 is 1.29 bits per heavy atom. The molecule has 2 atom stereocenters. The van der Waals surface area contributed by atoms with Crippen molar-refractivity contribution >= 4 is 0 Å². The summed E-state index contributed by atoms with van der Waals surface area (Å²) in [6, 6.07) is 8.11. The summed E-state index contributed by atoms with van der Waals surface area (Å²) in [4.78, 5) is 0. The first-order valence-electron chi connectivity index (χ1n) is 7.85. The van der Waals surface area contributed by atoms with Crippen LogP contribution < -0.4 is 14.8 Å². The fourth-order valence-corrected chi connectivity index (χ4v) is 3.08. The molecule has 4 nitrogen and oxygen atoms in total. The van der Waals surface area contributed by atoms with Gasteiger partial charge in [0.15, 0.2) is 0 Å². The maximum absolute atomic E-state index is 9.71. The molecule has 21 heavy (non-hydrogen) atoms. The van der Waals surface area contributed by atoms with Crippen LogP contribution >= 0.6 is 0 Å². The number of benzene rings is 1. The predicted octanol–water partition coefficient (Wildman–Crippen LogP) is 2.75. The van der Waals surface area contributed by atoms with E-state index in [1.807, 2.05) is 31.2 Å². The second-order valence-electron chi connectivity index (χ2n) is 6.12. The largest absolute Gasteiger partial charge is 0.494 e. The lowest BCUT2D eigenvalue weighted by atomic mass is 9.97. The molecule has 0 aliphatic heterocycles. The summed E-state index contributed by atoms with van der Waals surface area (Å²) in [6.45, 7) is 7.02. The average molecular weight is 293 g/mol. The fourth-order valence-electron chi connectivity index (χ4n) is 3.08. The van der Waals surface area contributed by atoms with Crippen LogP contribution in [0.2, 0.25) is 0 Å². The number of hydrogen-bond donors (Lipinski definition) is 2. The first-order chi connectivity index (χ1) is 10.1. The Hall–Kier alpha value is -1.26. The normalized spacial score (nSPS) is 25.3. The minimum Gasteiger partial charge on any atom is -0.494 e. The van der Waals surface area contributed by atoms with Crippen molar-refractivity contribution in [2.24, 2.45) is 0 Å². The standard InChI is InChI=1S/C17H27NO3/c1-4-20-14-5-7-15(8-6-14)21-16-9-10-17(11-16,12-19)18-13(2)3/h5-8,13,16,18-19H,4,9-12H2,1-3H3. The third-order valence-electron chi connectivity index (χ3n) is 3.90. The molecular weight excluding hydrogens is 266 g/mol. The molecule has 2 unspecified atom stereocenters. The SMILES string of the molecule is CCOc1ccc(OC2CCC(CO)(NC(C)C)C2)cc1. The van der Waals surface area contributed by atoms with E-state index in [1.165, 1.54) is 0 Å². The molecule has 2 N–H and O–H groups in total. The maximum atomic E-state index is 9.71. The molecule has 118 valence electrons. The van der Waals surface area contributed by atoms with Crippen molar-refractivity contribution in [1.82, 2.24) is 5.32 Å². The smallest absolute Gasteiger partial charge is 0.119 e. The van der Waals surface area contributed by atoms with Gasteiger partial charge < -0.3 is 19.9 Å². The van der Waals surface area contributed by atoms with Gasteiger partial charge in [-0.2, -0.15) is 0 Å². The van der Waals surface area contributed by atoms with E-state index in [1.54, 1.807) is 0 Å². The topological polar surface area (TPSA) is 50.7 Å². The van der Waals surface area contributed by atoms with Crippen LogP contribution in [-0.4, -0.2) is 36.0 Å². The number of aliphatic hydroxyl groups excluding tert-OH is 1. The van der Waals surface area contributed by atoms with Crippen LogP contribution in [0.3, 0.4) is 0 Å². The molecule has 0 radical (unpaired) electrons. The number of nitrogens with one attached hydrogen (secondary N) is 1. The van der Waals surface area contributed by atoms with Crippen LogP contribution in [-0.2, 0) is 0 Å². The highest BCUT2D eigenvalue weighted by Crippen LogP contribution is 2.33. The van der Waals surface area contributed by atoms with Crippen molar-refractivity contribution < 1.29 is 14.6 Å². The zero-order valence-corrected chi connectivity index (χ0v) is 13.3. The molecule has 2 rings (SSSR count). The summed E-state index contributed by atoms with van der Waals surface area (Å²) >= 11 is 0. The summed E-state index contributed by atoms with van der Waals surface area (Å²) in [5.74, 6) is 1.73. The van der Waals surface area contributed by atoms with Crippen LogP contribution in [0.1, 0.15) is 40.0 Å². The third kappa shape index (κ3) is 4.35. The molecule has 0 saturated heterocycles. The molecule has 0 bridgehead atoms. The molecule has 1 fully saturated rings. The summed E-state index contributed by atoms with van der Waals surface area (Å²) in [6.07, 6.45) is 2.91. The lowest BCUT2D eigenvalue weighted by molar-refractivity contribution is 0.133. The Kier molecular flexibility index (Phi) is 5.48. The van der Waals surface area contributed by atoms with Gasteiger partial charge in [0.25, 0.3) is 0 Å². The Balaban J connectivity index is 1.92. The lowest BCUT2D eigenvalue weighted by Crippen LogP contribution is -2.50. The Labute approximate surface area is 127 Å². The first kappa shape index (κ1) is 16.1. The van der Waals surface area contributed by atoms with Crippen molar-refractivity contribution in [3.05, 3.63) is 24.3 Å². The van der Waals surface area contributed by atoms with Crippen molar-refractivity contribution in [1.29, 1.82) is 0 Å². The van der Waals surface area contributed by atoms with Gasteiger partial charge in [-0.25, -0.2) is 0 Å². The highest BCUT2D eigenvalue weighted by Gasteiger charge is 2.40. The van der Waals surface area contributed by atoms with Gasteiger partial charge in [0.05, 0.1) is 13.2 Å². The highest BCUT2D eigenvalue weighted by atomic mass is 16.5. The molecule has 1 aliphatic rings. The summed E-state index contributed by atoms with van der Waals surface area (Å²) < 4.78 is 11.5. The minimum absolute atomic E-state index is 0.154. The number of aliphatic hydroxyl groups is 1. The molecule has 1 saturated carbocycles. The molecule has 1 aromatic carbocycles. The summed E-state index contributed by atoms with van der Waals surface area (Å²) in [5.41, 5.74) is -0.190. The molecule has 1 aliphatic carbocycles. The van der Waals surface area contributed by atoms with Gasteiger partial charge in [0, 0.05) is 18.0 Å². The number of ether oxygens (including phenoxy) is 2. The van der Waals surface area contributed by atoms with Crippen LogP contribution in [0.5, 0.6) is 11.5 Å². The number of hydrogen-bond acceptors (Lipinski definition) is 4. The molecule has 0 spiro atoms. The van der Waals surface area contributed by atoms with Crippen LogP contribution in [0.25, 0.3) is 0 Å². The molecule has 0 aromatic heterocycles. The lowest BCUT2D eigenvalue weighted by Gasteiger charge is -2.30. The zero-order valence-electron chi connectivity index (χ0n) is 13.3. The van der Waals surface area contributed by atoms with Gasteiger partial charge in [-0.05, 0) is 44.0 Å². The van der Waals surface area contributed by atoms with E-state index in [4.69, 9.17) is 9.47 Å². The quantitative estimate of drug-likeness (QED) is 0.811. The second kappa shape index (κ2) is 7.14. The Bertz CT molecular complexity index is 432. The zero-order chi connectivity index (χ0) is 15.3. The van der Waals surface area contributed by atoms with E-state index < -0.39 is 0 Å². The molecular formula is C17H27NO3. The van der Waals surface area contributed by atoms with Gasteiger partial charge in [-0.1, -0.05) is 13.8 Å². The molecule has 0 amide bonds. The summed E-state index contributed by atoms with van der Waals surface area (Å²) in [5, 5.41) is 13.2. The van der Waals surface area contributed by atoms with Gasteiger partial charge in [-0.15, -0.1) is 0 Å². The minimum atomic E-state index is -0.190. The van der Waals surface area contributed by atoms with Gasteiger partial charge in [0.2, 0.25) is 0 Å². The molecule has 1 aromatic rings. The van der Waals surface area contributed by atoms with Crippen molar-refractivity contribution in [3.63, 3.8) is 0 Å². The number of rotatable bonds is 7. The van der Waals surface area contributed by atoms with Gasteiger partial charge >= 0.3 is 0 Å². The van der Waals surface area contributed by atoms with Crippen molar-refractivity contribution in [2.75, 3.05) is 13.2 Å². The Morgan fingerprint density at radius 2 is 1.95 bits per heavy atom. The van der Waals surface area contributed by atoms with E-state index in [-0.39, 0.29) is 18.2 Å². The van der Waals surface area contributed by atoms with Crippen LogP contribution in [0.15, 0.2) is 24.3 Å². The van der Waals surface area contributed by atoms with Crippen LogP contribution in [0, 0.1) is 0 Å². The fraction of sp³-hybridized carbons (Fsp3) is 0.647.